The van der Waals surface area contributed by atoms with E-state index < -0.39 is 0 Å². The standard InChI is InChI=1S/C18H17Cl4NO2/c1-2-3-4-7-25-17-15(21)8-11(9-16(17)22)18(24)23-12-5-6-13(19)14(20)10-12/h5-6,8-10H,2-4,7H2,1H3,(H,23,24). The minimum Gasteiger partial charge on any atom is -0.490 e. The Morgan fingerprint density at radius 3 is 2.24 bits per heavy atom. The van der Waals surface area contributed by atoms with E-state index in [1.54, 1.807) is 18.2 Å². The molecule has 25 heavy (non-hydrogen) atoms. The summed E-state index contributed by atoms with van der Waals surface area (Å²) < 4.78 is 5.62. The summed E-state index contributed by atoms with van der Waals surface area (Å²) in [5, 5.41) is 4.07. The number of carbonyl (C=O) groups is 1. The number of anilines is 1. The fourth-order valence-electron chi connectivity index (χ4n) is 2.13. The second-order valence-electron chi connectivity index (χ2n) is 5.41. The van der Waals surface area contributed by atoms with Gasteiger partial charge >= 0.3 is 0 Å². The molecule has 7 heteroatoms. The normalized spacial score (nSPS) is 10.6. The van der Waals surface area contributed by atoms with Gasteiger partial charge in [0.1, 0.15) is 0 Å². The van der Waals surface area contributed by atoms with Gasteiger partial charge in [-0.3, -0.25) is 4.79 Å². The summed E-state index contributed by atoms with van der Waals surface area (Å²) in [7, 11) is 0. The lowest BCUT2D eigenvalue weighted by molar-refractivity contribution is 0.102. The smallest absolute Gasteiger partial charge is 0.255 e. The number of unbranched alkanes of at least 4 members (excludes halogenated alkanes) is 2. The summed E-state index contributed by atoms with van der Waals surface area (Å²) in [5.74, 6) is 0.0326. The first kappa shape index (κ1) is 20.2. The average Bonchev–Trinajstić information content (AvgIpc) is 2.56. The lowest BCUT2D eigenvalue weighted by Gasteiger charge is -2.12. The summed E-state index contributed by atoms with van der Waals surface area (Å²) >= 11 is 24.2. The van der Waals surface area contributed by atoms with E-state index in [1.807, 2.05) is 0 Å². The van der Waals surface area contributed by atoms with Gasteiger partial charge in [0, 0.05) is 11.3 Å². The molecule has 0 spiro atoms. The number of benzene rings is 2. The zero-order valence-corrected chi connectivity index (χ0v) is 16.6. The van der Waals surface area contributed by atoms with Gasteiger partial charge in [-0.25, -0.2) is 0 Å². The zero-order valence-electron chi connectivity index (χ0n) is 13.5. The molecule has 0 aromatic heterocycles. The first-order valence-electron chi connectivity index (χ1n) is 7.80. The van der Waals surface area contributed by atoms with Gasteiger partial charge in [0.25, 0.3) is 5.91 Å². The molecule has 0 atom stereocenters. The largest absolute Gasteiger partial charge is 0.490 e. The molecule has 0 heterocycles. The van der Waals surface area contributed by atoms with E-state index in [0.717, 1.165) is 19.3 Å². The predicted octanol–water partition coefficient (Wildman–Crippen LogP) is 7.12. The van der Waals surface area contributed by atoms with Crippen LogP contribution in [0.5, 0.6) is 5.75 Å². The van der Waals surface area contributed by atoms with Gasteiger partial charge in [0.2, 0.25) is 0 Å². The highest BCUT2D eigenvalue weighted by atomic mass is 35.5. The van der Waals surface area contributed by atoms with Crippen LogP contribution in [0.25, 0.3) is 0 Å². The van der Waals surface area contributed by atoms with Crippen LogP contribution in [-0.4, -0.2) is 12.5 Å². The Bertz CT molecular complexity index is 742. The van der Waals surface area contributed by atoms with E-state index in [4.69, 9.17) is 51.1 Å². The summed E-state index contributed by atoms with van der Waals surface area (Å²) in [6.45, 7) is 2.64. The maximum absolute atomic E-state index is 12.4. The third-order valence-corrected chi connectivity index (χ3v) is 4.73. The van der Waals surface area contributed by atoms with E-state index in [2.05, 4.69) is 12.2 Å². The number of carbonyl (C=O) groups excluding carboxylic acids is 1. The van der Waals surface area contributed by atoms with E-state index in [-0.39, 0.29) is 5.91 Å². The number of hydrogen-bond acceptors (Lipinski definition) is 2. The van der Waals surface area contributed by atoms with Crippen LogP contribution in [0.4, 0.5) is 5.69 Å². The van der Waals surface area contributed by atoms with E-state index in [0.29, 0.717) is 43.7 Å². The fourth-order valence-corrected chi connectivity index (χ4v) is 3.03. The van der Waals surface area contributed by atoms with Crippen LogP contribution >= 0.6 is 46.4 Å². The molecule has 0 unspecified atom stereocenters. The number of hydrogen-bond donors (Lipinski definition) is 1. The Morgan fingerprint density at radius 1 is 0.960 bits per heavy atom. The Labute approximate surface area is 167 Å². The summed E-state index contributed by atoms with van der Waals surface area (Å²) in [6.07, 6.45) is 3.08. The highest BCUT2D eigenvalue weighted by molar-refractivity contribution is 6.42. The van der Waals surface area contributed by atoms with Crippen LogP contribution in [0.15, 0.2) is 30.3 Å². The van der Waals surface area contributed by atoms with Crippen molar-refractivity contribution in [3.05, 3.63) is 56.0 Å². The Balaban J connectivity index is 2.10. The third-order valence-electron chi connectivity index (χ3n) is 3.43. The van der Waals surface area contributed by atoms with Gasteiger partial charge in [-0.15, -0.1) is 0 Å². The maximum atomic E-state index is 12.4. The van der Waals surface area contributed by atoms with Gasteiger partial charge in [0.05, 0.1) is 26.7 Å². The van der Waals surface area contributed by atoms with Gasteiger partial charge in [0.15, 0.2) is 5.75 Å². The minimum absolute atomic E-state index is 0.295. The molecule has 3 nitrogen and oxygen atoms in total. The highest BCUT2D eigenvalue weighted by Gasteiger charge is 2.15. The van der Waals surface area contributed by atoms with Crippen LogP contribution in [0.1, 0.15) is 36.5 Å². The average molecular weight is 421 g/mol. The molecule has 2 aromatic carbocycles. The molecule has 0 aliphatic rings. The second-order valence-corrected chi connectivity index (χ2v) is 7.04. The molecule has 0 aliphatic carbocycles. The SMILES string of the molecule is CCCCCOc1c(Cl)cc(C(=O)Nc2ccc(Cl)c(Cl)c2)cc1Cl. The van der Waals surface area contributed by atoms with Crippen molar-refractivity contribution in [2.24, 2.45) is 0 Å². The van der Waals surface area contributed by atoms with Crippen molar-refractivity contribution in [2.75, 3.05) is 11.9 Å². The molecule has 0 aliphatic heterocycles. The quantitative estimate of drug-likeness (QED) is 0.484. The molecular weight excluding hydrogens is 404 g/mol. The molecule has 0 bridgehead atoms. The molecule has 1 amide bonds. The second kappa shape index (κ2) is 9.54. The lowest BCUT2D eigenvalue weighted by Crippen LogP contribution is -2.12. The Hall–Kier alpha value is -1.13. The van der Waals surface area contributed by atoms with Crippen molar-refractivity contribution in [3.8, 4) is 5.75 Å². The molecule has 2 aromatic rings. The highest BCUT2D eigenvalue weighted by Crippen LogP contribution is 2.35. The molecule has 0 saturated heterocycles. The topological polar surface area (TPSA) is 38.3 Å². The number of halogens is 4. The molecule has 0 fully saturated rings. The van der Waals surface area contributed by atoms with E-state index in [9.17, 15) is 4.79 Å². The van der Waals surface area contributed by atoms with E-state index >= 15 is 0 Å². The van der Waals surface area contributed by atoms with Crippen LogP contribution in [0.2, 0.25) is 20.1 Å². The first-order chi connectivity index (χ1) is 11.9. The fraction of sp³-hybridized carbons (Fsp3) is 0.278. The number of ether oxygens (including phenoxy) is 1. The van der Waals surface area contributed by atoms with Gasteiger partial charge in [-0.2, -0.15) is 0 Å². The number of nitrogens with one attached hydrogen (secondary N) is 1. The van der Waals surface area contributed by atoms with Crippen LogP contribution in [-0.2, 0) is 0 Å². The Morgan fingerprint density at radius 2 is 1.64 bits per heavy atom. The predicted molar refractivity (Wildman–Crippen MR) is 106 cm³/mol. The Kier molecular flexibility index (Phi) is 7.70. The molecule has 2 rings (SSSR count). The van der Waals surface area contributed by atoms with Crippen molar-refractivity contribution >= 4 is 58.0 Å². The molecule has 0 saturated carbocycles. The van der Waals surface area contributed by atoms with Gasteiger partial charge in [-0.05, 0) is 36.8 Å². The van der Waals surface area contributed by atoms with Gasteiger partial charge in [-0.1, -0.05) is 66.2 Å². The zero-order chi connectivity index (χ0) is 18.4. The van der Waals surface area contributed by atoms with Crippen LogP contribution < -0.4 is 10.1 Å². The summed E-state index contributed by atoms with van der Waals surface area (Å²) in [4.78, 5) is 12.4. The van der Waals surface area contributed by atoms with E-state index in [1.165, 1.54) is 12.1 Å². The van der Waals surface area contributed by atoms with Gasteiger partial charge < -0.3 is 10.1 Å². The summed E-state index contributed by atoms with van der Waals surface area (Å²) in [6, 6.07) is 7.87. The molecular formula is C18H17Cl4NO2. The van der Waals surface area contributed by atoms with Crippen molar-refractivity contribution in [1.29, 1.82) is 0 Å². The first-order valence-corrected chi connectivity index (χ1v) is 9.31. The monoisotopic (exact) mass is 419 g/mol. The third kappa shape index (κ3) is 5.68. The number of amides is 1. The van der Waals surface area contributed by atoms with Crippen molar-refractivity contribution < 1.29 is 9.53 Å². The van der Waals surface area contributed by atoms with Crippen LogP contribution in [0, 0.1) is 0 Å². The van der Waals surface area contributed by atoms with Crippen molar-refractivity contribution in [1.82, 2.24) is 0 Å². The maximum Gasteiger partial charge on any atom is 0.255 e. The molecule has 0 radical (unpaired) electrons. The van der Waals surface area contributed by atoms with Crippen molar-refractivity contribution in [3.63, 3.8) is 0 Å². The lowest BCUT2D eigenvalue weighted by atomic mass is 10.2. The van der Waals surface area contributed by atoms with Crippen molar-refractivity contribution in [2.45, 2.75) is 26.2 Å². The number of rotatable bonds is 7. The van der Waals surface area contributed by atoms with Crippen LogP contribution in [0.3, 0.4) is 0 Å². The minimum atomic E-state index is -0.361. The molecule has 134 valence electrons. The summed E-state index contributed by atoms with van der Waals surface area (Å²) in [5.41, 5.74) is 0.841. The molecule has 1 N–H and O–H groups in total.